The summed E-state index contributed by atoms with van der Waals surface area (Å²) in [5.41, 5.74) is 0.287. The van der Waals surface area contributed by atoms with Gasteiger partial charge in [0.25, 0.3) is 0 Å². The molecule has 1 atom stereocenters. The van der Waals surface area contributed by atoms with Crippen LogP contribution in [0.25, 0.3) is 0 Å². The Labute approximate surface area is 126 Å². The van der Waals surface area contributed by atoms with Gasteiger partial charge in [-0.3, -0.25) is 13.8 Å². The van der Waals surface area contributed by atoms with Gasteiger partial charge in [0.05, 0.1) is 12.4 Å². The van der Waals surface area contributed by atoms with Gasteiger partial charge < -0.3 is 15.0 Å². The van der Waals surface area contributed by atoms with Crippen molar-refractivity contribution < 1.29 is 13.7 Å². The number of amides is 1. The van der Waals surface area contributed by atoms with Crippen LogP contribution in [0.2, 0.25) is 0 Å². The van der Waals surface area contributed by atoms with E-state index in [1.807, 2.05) is 13.8 Å². The maximum absolute atomic E-state index is 11.9. The molecule has 0 aliphatic rings. The van der Waals surface area contributed by atoms with Crippen molar-refractivity contribution in [3.05, 3.63) is 28.2 Å². The highest BCUT2D eigenvalue weighted by Gasteiger charge is 2.10. The lowest BCUT2D eigenvalue weighted by atomic mass is 10.3. The third kappa shape index (κ3) is 6.57. The number of ether oxygens (including phenoxy) is 1. The minimum Gasteiger partial charge on any atom is -0.488 e. The Balaban J connectivity index is 2.55. The summed E-state index contributed by atoms with van der Waals surface area (Å²) in [7, 11) is -1.35. The Morgan fingerprint density at radius 2 is 2.14 bits per heavy atom. The highest BCUT2D eigenvalue weighted by atomic mass is 32.2. The van der Waals surface area contributed by atoms with Gasteiger partial charge in [0.15, 0.2) is 5.75 Å². The van der Waals surface area contributed by atoms with Gasteiger partial charge in [0.1, 0.15) is 5.75 Å². The lowest BCUT2D eigenvalue weighted by molar-refractivity contribution is -0.118. The van der Waals surface area contributed by atoms with E-state index in [1.165, 1.54) is 12.3 Å². The molecule has 1 aromatic heterocycles. The first-order chi connectivity index (χ1) is 10.1. The van der Waals surface area contributed by atoms with Gasteiger partial charge in [-0.2, -0.15) is 0 Å². The number of H-pyrrole nitrogens is 1. The summed E-state index contributed by atoms with van der Waals surface area (Å²) in [6.45, 7) is 4.96. The second-order valence-electron chi connectivity index (χ2n) is 4.61. The summed E-state index contributed by atoms with van der Waals surface area (Å²) in [4.78, 5) is 26.1. The number of hydrogen-bond acceptors (Lipinski definition) is 4. The third-order valence-corrected chi connectivity index (χ3v) is 3.80. The zero-order valence-corrected chi connectivity index (χ0v) is 13.3. The van der Waals surface area contributed by atoms with Crippen LogP contribution in [0.5, 0.6) is 5.75 Å². The molecule has 0 radical (unpaired) electrons. The summed E-state index contributed by atoms with van der Waals surface area (Å²) < 4.78 is 17.1. The van der Waals surface area contributed by atoms with Gasteiger partial charge in [0.2, 0.25) is 11.3 Å². The van der Waals surface area contributed by atoms with Crippen LogP contribution < -0.4 is 15.5 Å². The molecule has 6 nitrogen and oxygen atoms in total. The smallest absolute Gasteiger partial charge is 0.232 e. The molecule has 0 aliphatic heterocycles. The molecule has 0 aromatic carbocycles. The molecule has 0 bridgehead atoms. The summed E-state index contributed by atoms with van der Waals surface area (Å²) in [5.74, 6) is 0.103. The van der Waals surface area contributed by atoms with Crippen molar-refractivity contribution in [2.75, 3.05) is 18.9 Å². The summed E-state index contributed by atoms with van der Waals surface area (Å²) in [6, 6.07) is 1.37. The lowest BCUT2D eigenvalue weighted by Gasteiger charge is -2.06. The van der Waals surface area contributed by atoms with Crippen molar-refractivity contribution >= 4 is 16.7 Å². The van der Waals surface area contributed by atoms with Crippen LogP contribution >= 0.6 is 0 Å². The maximum atomic E-state index is 11.9. The fourth-order valence-electron chi connectivity index (χ4n) is 1.59. The van der Waals surface area contributed by atoms with E-state index in [1.54, 1.807) is 0 Å². The van der Waals surface area contributed by atoms with Crippen LogP contribution in [0.4, 0.5) is 0 Å². The Morgan fingerprint density at radius 3 is 2.76 bits per heavy atom. The molecule has 1 heterocycles. The maximum Gasteiger partial charge on any atom is 0.232 e. The van der Waals surface area contributed by atoms with Crippen molar-refractivity contribution in [2.45, 2.75) is 32.4 Å². The molecule has 0 saturated heterocycles. The quantitative estimate of drug-likeness (QED) is 0.710. The predicted molar refractivity (Wildman–Crippen MR) is 82.9 cm³/mol. The Kier molecular flexibility index (Phi) is 7.74. The Morgan fingerprint density at radius 1 is 1.38 bits per heavy atom. The molecule has 1 amide bonds. The van der Waals surface area contributed by atoms with E-state index in [9.17, 15) is 13.8 Å². The number of pyridine rings is 1. The molecular formula is C14H22N2O4S. The van der Waals surface area contributed by atoms with Crippen LogP contribution in [0.1, 0.15) is 32.4 Å². The standard InChI is InChI=1S/C14H22N2O4S/c1-3-5-15-14(18)10-21(19)9-11-7-12(17)13(8-16-11)20-6-4-2/h7-8H,3-6,9-10H2,1-2H3,(H,15,18)(H,16,17). The SMILES string of the molecule is CCCNC(=O)CS(=O)Cc1cc(=O)c(OCCC)c[nH]1. The first kappa shape index (κ1) is 17.4. The van der Waals surface area contributed by atoms with Crippen LogP contribution in [-0.2, 0) is 21.3 Å². The van der Waals surface area contributed by atoms with Gasteiger partial charge in [0, 0.05) is 35.3 Å². The van der Waals surface area contributed by atoms with Crippen molar-refractivity contribution in [1.29, 1.82) is 0 Å². The van der Waals surface area contributed by atoms with Crippen molar-refractivity contribution in [1.82, 2.24) is 10.3 Å². The van der Waals surface area contributed by atoms with E-state index in [-0.39, 0.29) is 28.6 Å². The fraction of sp³-hybridized carbons (Fsp3) is 0.571. The molecule has 118 valence electrons. The molecule has 1 aromatic rings. The Bertz CT molecular complexity index is 542. The van der Waals surface area contributed by atoms with Crippen molar-refractivity contribution in [3.63, 3.8) is 0 Å². The summed E-state index contributed by atoms with van der Waals surface area (Å²) >= 11 is 0. The van der Waals surface area contributed by atoms with E-state index >= 15 is 0 Å². The van der Waals surface area contributed by atoms with Gasteiger partial charge in [-0.15, -0.1) is 0 Å². The number of aromatic amines is 1. The summed E-state index contributed by atoms with van der Waals surface area (Å²) in [6.07, 6.45) is 3.13. The molecule has 7 heteroatoms. The topological polar surface area (TPSA) is 88.3 Å². The highest BCUT2D eigenvalue weighted by molar-refractivity contribution is 7.84. The number of aromatic nitrogens is 1. The summed E-state index contributed by atoms with van der Waals surface area (Å²) in [5, 5.41) is 2.67. The number of hydrogen-bond donors (Lipinski definition) is 2. The molecule has 2 N–H and O–H groups in total. The van der Waals surface area contributed by atoms with Crippen molar-refractivity contribution in [3.8, 4) is 5.75 Å². The van der Waals surface area contributed by atoms with Crippen LogP contribution in [0.15, 0.2) is 17.1 Å². The first-order valence-corrected chi connectivity index (χ1v) is 8.51. The highest BCUT2D eigenvalue weighted by Crippen LogP contribution is 2.04. The lowest BCUT2D eigenvalue weighted by Crippen LogP contribution is -2.29. The predicted octanol–water partition coefficient (Wildman–Crippen LogP) is 0.939. The van der Waals surface area contributed by atoms with Crippen LogP contribution in [-0.4, -0.2) is 34.0 Å². The number of carbonyl (C=O) groups is 1. The van der Waals surface area contributed by atoms with Gasteiger partial charge in [-0.05, 0) is 12.8 Å². The van der Waals surface area contributed by atoms with E-state index in [4.69, 9.17) is 4.74 Å². The van der Waals surface area contributed by atoms with E-state index in [2.05, 4.69) is 10.3 Å². The zero-order valence-electron chi connectivity index (χ0n) is 12.4. The van der Waals surface area contributed by atoms with Crippen LogP contribution in [0.3, 0.4) is 0 Å². The largest absolute Gasteiger partial charge is 0.488 e. The van der Waals surface area contributed by atoms with Gasteiger partial charge in [-0.25, -0.2) is 0 Å². The van der Waals surface area contributed by atoms with E-state index in [0.29, 0.717) is 18.8 Å². The first-order valence-electron chi connectivity index (χ1n) is 7.02. The molecule has 1 unspecified atom stereocenters. The molecule has 1 rings (SSSR count). The monoisotopic (exact) mass is 314 g/mol. The average molecular weight is 314 g/mol. The van der Waals surface area contributed by atoms with E-state index in [0.717, 1.165) is 12.8 Å². The van der Waals surface area contributed by atoms with Gasteiger partial charge in [-0.1, -0.05) is 13.8 Å². The van der Waals surface area contributed by atoms with Gasteiger partial charge >= 0.3 is 0 Å². The third-order valence-electron chi connectivity index (χ3n) is 2.58. The molecule has 0 fully saturated rings. The minimum absolute atomic E-state index is 0.0594. The van der Waals surface area contributed by atoms with Crippen LogP contribution in [0, 0.1) is 0 Å². The average Bonchev–Trinajstić information content (AvgIpc) is 2.44. The molecule has 0 saturated carbocycles. The number of nitrogens with one attached hydrogen (secondary N) is 2. The minimum atomic E-state index is -1.35. The molecule has 0 spiro atoms. The fourth-order valence-corrected chi connectivity index (χ4v) is 2.60. The molecular weight excluding hydrogens is 292 g/mol. The number of rotatable bonds is 9. The molecule has 21 heavy (non-hydrogen) atoms. The second kappa shape index (κ2) is 9.33. The molecule has 0 aliphatic carbocycles. The second-order valence-corrected chi connectivity index (χ2v) is 6.07. The number of carbonyl (C=O) groups excluding carboxylic acids is 1. The normalized spacial score (nSPS) is 11.9. The van der Waals surface area contributed by atoms with Crippen molar-refractivity contribution in [2.24, 2.45) is 0 Å². The van der Waals surface area contributed by atoms with E-state index < -0.39 is 10.8 Å². The zero-order chi connectivity index (χ0) is 15.7. The Hall–Kier alpha value is -1.63.